The van der Waals surface area contributed by atoms with Crippen LogP contribution in [-0.2, 0) is 4.74 Å². The van der Waals surface area contributed by atoms with E-state index in [1.807, 2.05) is 36.4 Å². The SMILES string of the molecule is COc1ccc(C(CNC(=O)c2sc3ccccc3c2Cl)N2CCOCC2)cc1. The Morgan fingerprint density at radius 1 is 1.21 bits per heavy atom. The van der Waals surface area contributed by atoms with Gasteiger partial charge in [0.2, 0.25) is 0 Å². The smallest absolute Gasteiger partial charge is 0.262 e. The highest BCUT2D eigenvalue weighted by atomic mass is 35.5. The van der Waals surface area contributed by atoms with Crippen LogP contribution in [0.2, 0.25) is 5.02 Å². The van der Waals surface area contributed by atoms with Crippen LogP contribution in [0.15, 0.2) is 48.5 Å². The van der Waals surface area contributed by atoms with Crippen LogP contribution in [0.4, 0.5) is 0 Å². The maximum Gasteiger partial charge on any atom is 0.262 e. The lowest BCUT2D eigenvalue weighted by Crippen LogP contribution is -2.43. The Labute approximate surface area is 179 Å². The van der Waals surface area contributed by atoms with Gasteiger partial charge in [0, 0.05) is 29.7 Å². The van der Waals surface area contributed by atoms with E-state index in [0.29, 0.717) is 29.7 Å². The Balaban J connectivity index is 1.53. The number of hydrogen-bond donors (Lipinski definition) is 1. The molecule has 0 bridgehead atoms. The predicted molar refractivity (Wildman–Crippen MR) is 117 cm³/mol. The van der Waals surface area contributed by atoms with Gasteiger partial charge in [-0.3, -0.25) is 9.69 Å². The molecule has 29 heavy (non-hydrogen) atoms. The minimum Gasteiger partial charge on any atom is -0.497 e. The summed E-state index contributed by atoms with van der Waals surface area (Å²) in [4.78, 5) is 15.8. The van der Waals surface area contributed by atoms with Crippen molar-refractivity contribution in [3.05, 3.63) is 64.0 Å². The number of nitrogens with zero attached hydrogens (tertiary/aromatic N) is 1. The Morgan fingerprint density at radius 3 is 2.62 bits per heavy atom. The van der Waals surface area contributed by atoms with Gasteiger partial charge in [-0.25, -0.2) is 0 Å². The molecular formula is C22H23ClN2O3S. The molecular weight excluding hydrogens is 408 g/mol. The maximum atomic E-state index is 12.9. The molecule has 0 aliphatic carbocycles. The molecule has 152 valence electrons. The fourth-order valence-corrected chi connectivity index (χ4v) is 5.04. The van der Waals surface area contributed by atoms with E-state index in [1.165, 1.54) is 11.3 Å². The molecule has 1 atom stereocenters. The summed E-state index contributed by atoms with van der Waals surface area (Å²) in [7, 11) is 1.66. The van der Waals surface area contributed by atoms with E-state index in [4.69, 9.17) is 21.1 Å². The molecule has 1 N–H and O–H groups in total. The van der Waals surface area contributed by atoms with Crippen LogP contribution in [0.3, 0.4) is 0 Å². The lowest BCUT2D eigenvalue weighted by atomic mass is 10.0. The first-order valence-electron chi connectivity index (χ1n) is 9.58. The minimum atomic E-state index is -0.136. The molecule has 0 saturated carbocycles. The number of morpholine rings is 1. The molecule has 2 heterocycles. The van der Waals surface area contributed by atoms with Crippen molar-refractivity contribution in [1.29, 1.82) is 0 Å². The second-order valence-electron chi connectivity index (χ2n) is 6.89. The molecule has 1 unspecified atom stereocenters. The standard InChI is InChI=1S/C22H23ClN2O3S/c1-27-16-8-6-15(7-9-16)18(25-10-12-28-13-11-25)14-24-22(26)21-20(23)17-4-2-3-5-19(17)29-21/h2-9,18H,10-14H2,1H3,(H,24,26). The van der Waals surface area contributed by atoms with Gasteiger partial charge in [0.1, 0.15) is 10.6 Å². The fraction of sp³-hybridized carbons (Fsp3) is 0.318. The van der Waals surface area contributed by atoms with Crippen molar-refractivity contribution in [1.82, 2.24) is 10.2 Å². The molecule has 4 rings (SSSR count). The fourth-order valence-electron chi connectivity index (χ4n) is 3.60. The second kappa shape index (κ2) is 9.13. The quantitative estimate of drug-likeness (QED) is 0.631. The van der Waals surface area contributed by atoms with E-state index in [2.05, 4.69) is 22.3 Å². The predicted octanol–water partition coefficient (Wildman–Crippen LogP) is 4.37. The van der Waals surface area contributed by atoms with Crippen molar-refractivity contribution in [3.63, 3.8) is 0 Å². The first-order chi connectivity index (χ1) is 14.2. The van der Waals surface area contributed by atoms with E-state index in [1.54, 1.807) is 7.11 Å². The molecule has 1 aliphatic rings. The molecule has 5 nitrogen and oxygen atoms in total. The minimum absolute atomic E-state index is 0.0573. The number of carbonyl (C=O) groups is 1. The lowest BCUT2D eigenvalue weighted by Gasteiger charge is -2.35. The third kappa shape index (κ3) is 4.41. The zero-order valence-corrected chi connectivity index (χ0v) is 17.8. The van der Waals surface area contributed by atoms with Gasteiger partial charge >= 0.3 is 0 Å². The van der Waals surface area contributed by atoms with Gasteiger partial charge in [0.05, 0.1) is 31.4 Å². The summed E-state index contributed by atoms with van der Waals surface area (Å²) < 4.78 is 11.8. The summed E-state index contributed by atoms with van der Waals surface area (Å²) in [5, 5.41) is 4.54. The number of methoxy groups -OCH3 is 1. The first-order valence-corrected chi connectivity index (χ1v) is 10.8. The summed E-state index contributed by atoms with van der Waals surface area (Å²) in [6.45, 7) is 3.55. The number of hydrogen-bond acceptors (Lipinski definition) is 5. The van der Waals surface area contributed by atoms with Crippen molar-refractivity contribution in [2.24, 2.45) is 0 Å². The van der Waals surface area contributed by atoms with Crippen LogP contribution in [0, 0.1) is 0 Å². The molecule has 3 aromatic rings. The van der Waals surface area contributed by atoms with E-state index >= 15 is 0 Å². The van der Waals surface area contributed by atoms with Crippen LogP contribution >= 0.6 is 22.9 Å². The molecule has 0 spiro atoms. The Morgan fingerprint density at radius 2 is 1.93 bits per heavy atom. The highest BCUT2D eigenvalue weighted by Gasteiger charge is 2.24. The molecule has 2 aromatic carbocycles. The second-order valence-corrected chi connectivity index (χ2v) is 8.32. The molecule has 7 heteroatoms. The van der Waals surface area contributed by atoms with Gasteiger partial charge in [-0.05, 0) is 23.8 Å². The molecule has 1 aliphatic heterocycles. The molecule has 1 saturated heterocycles. The highest BCUT2D eigenvalue weighted by molar-refractivity contribution is 7.21. The van der Waals surface area contributed by atoms with E-state index in [9.17, 15) is 4.79 Å². The maximum absolute atomic E-state index is 12.9. The number of halogens is 1. The summed E-state index contributed by atoms with van der Waals surface area (Å²) in [6, 6.07) is 15.9. The van der Waals surface area contributed by atoms with Crippen LogP contribution in [0.5, 0.6) is 5.75 Å². The summed E-state index contributed by atoms with van der Waals surface area (Å²) in [5.41, 5.74) is 1.13. The van der Waals surface area contributed by atoms with E-state index in [0.717, 1.165) is 34.5 Å². The van der Waals surface area contributed by atoms with Gasteiger partial charge in [-0.2, -0.15) is 0 Å². The van der Waals surface area contributed by atoms with Crippen molar-refractivity contribution < 1.29 is 14.3 Å². The van der Waals surface area contributed by atoms with E-state index < -0.39 is 0 Å². The Hall–Kier alpha value is -2.12. The van der Waals surface area contributed by atoms with Crippen molar-refractivity contribution in [2.75, 3.05) is 40.0 Å². The average molecular weight is 431 g/mol. The number of thiophene rings is 1. The number of fused-ring (bicyclic) bond motifs is 1. The van der Waals surface area contributed by atoms with Gasteiger partial charge in [-0.1, -0.05) is 41.9 Å². The number of amides is 1. The molecule has 1 fully saturated rings. The summed E-state index contributed by atoms with van der Waals surface area (Å²) in [6.07, 6.45) is 0. The molecule has 1 amide bonds. The third-order valence-electron chi connectivity index (χ3n) is 5.18. The number of carbonyl (C=O) groups excluding carboxylic acids is 1. The van der Waals surface area contributed by atoms with Crippen LogP contribution in [0.25, 0.3) is 10.1 Å². The van der Waals surface area contributed by atoms with Gasteiger partial charge < -0.3 is 14.8 Å². The molecule has 0 radical (unpaired) electrons. The van der Waals surface area contributed by atoms with Crippen LogP contribution in [0.1, 0.15) is 21.3 Å². The number of nitrogens with one attached hydrogen (secondary N) is 1. The monoisotopic (exact) mass is 430 g/mol. The normalized spacial score (nSPS) is 15.9. The molecule has 1 aromatic heterocycles. The van der Waals surface area contributed by atoms with Gasteiger partial charge in [-0.15, -0.1) is 11.3 Å². The average Bonchev–Trinajstić information content (AvgIpc) is 3.12. The van der Waals surface area contributed by atoms with Gasteiger partial charge in [0.15, 0.2) is 0 Å². The van der Waals surface area contributed by atoms with E-state index in [-0.39, 0.29) is 11.9 Å². The number of ether oxygens (including phenoxy) is 2. The van der Waals surface area contributed by atoms with Crippen LogP contribution < -0.4 is 10.1 Å². The van der Waals surface area contributed by atoms with Crippen molar-refractivity contribution in [2.45, 2.75) is 6.04 Å². The largest absolute Gasteiger partial charge is 0.497 e. The number of benzene rings is 2. The van der Waals surface area contributed by atoms with Crippen LogP contribution in [-0.4, -0.2) is 50.8 Å². The Kier molecular flexibility index (Phi) is 6.35. The summed E-state index contributed by atoms with van der Waals surface area (Å²) in [5.74, 6) is 0.679. The zero-order chi connectivity index (χ0) is 20.2. The van der Waals surface area contributed by atoms with Crippen molar-refractivity contribution >= 4 is 38.9 Å². The highest BCUT2D eigenvalue weighted by Crippen LogP contribution is 2.35. The topological polar surface area (TPSA) is 50.8 Å². The first kappa shape index (κ1) is 20.2. The summed E-state index contributed by atoms with van der Waals surface area (Å²) >= 11 is 7.90. The lowest BCUT2D eigenvalue weighted by molar-refractivity contribution is 0.0162. The zero-order valence-electron chi connectivity index (χ0n) is 16.2. The van der Waals surface area contributed by atoms with Gasteiger partial charge in [0.25, 0.3) is 5.91 Å². The number of rotatable bonds is 6. The van der Waals surface area contributed by atoms with Crippen molar-refractivity contribution in [3.8, 4) is 5.75 Å². The third-order valence-corrected chi connectivity index (χ3v) is 6.86. The Bertz CT molecular complexity index is 983.